The van der Waals surface area contributed by atoms with Crippen LogP contribution in [0, 0.1) is 5.82 Å². The highest BCUT2D eigenvalue weighted by atomic mass is 32.1. The summed E-state index contributed by atoms with van der Waals surface area (Å²) in [4.78, 5) is 26.6. The van der Waals surface area contributed by atoms with E-state index in [0.717, 1.165) is 11.0 Å². The van der Waals surface area contributed by atoms with Crippen molar-refractivity contribution in [1.82, 2.24) is 5.32 Å². The molecule has 0 spiro atoms. The van der Waals surface area contributed by atoms with Crippen LogP contribution < -0.4 is 24.4 Å². The van der Waals surface area contributed by atoms with Crippen LogP contribution >= 0.6 is 12.2 Å². The van der Waals surface area contributed by atoms with Crippen molar-refractivity contribution >= 4 is 40.9 Å². The monoisotopic (exact) mass is 414 g/mol. The fraction of sp³-hybridized carbons (Fsp3) is 0.150. The number of ether oxygens (including phenoxy) is 3. The van der Waals surface area contributed by atoms with Gasteiger partial charge < -0.3 is 14.2 Å². The van der Waals surface area contributed by atoms with E-state index in [4.69, 9.17) is 26.4 Å². The van der Waals surface area contributed by atoms with Crippen molar-refractivity contribution in [2.75, 3.05) is 18.3 Å². The molecular formula is C20H15FN2O5S. The minimum absolute atomic E-state index is 0.0714. The highest BCUT2D eigenvalue weighted by Gasteiger charge is 2.35. The number of halogens is 1. The number of carbonyl (C=O) groups is 2. The Balaban J connectivity index is 1.77. The average molecular weight is 414 g/mol. The molecule has 0 atom stereocenters. The molecule has 2 aliphatic heterocycles. The van der Waals surface area contributed by atoms with E-state index in [1.54, 1.807) is 12.1 Å². The van der Waals surface area contributed by atoms with Gasteiger partial charge >= 0.3 is 0 Å². The first kappa shape index (κ1) is 18.9. The molecule has 0 saturated carbocycles. The van der Waals surface area contributed by atoms with Gasteiger partial charge in [-0.1, -0.05) is 6.07 Å². The van der Waals surface area contributed by atoms with E-state index in [-0.39, 0.29) is 23.2 Å². The summed E-state index contributed by atoms with van der Waals surface area (Å²) in [5.41, 5.74) is 0.492. The lowest BCUT2D eigenvalue weighted by molar-refractivity contribution is -0.122. The van der Waals surface area contributed by atoms with Crippen molar-refractivity contribution in [1.29, 1.82) is 0 Å². The number of nitrogens with zero attached hydrogens (tertiary/aromatic N) is 1. The Bertz CT molecular complexity index is 1070. The molecule has 2 heterocycles. The van der Waals surface area contributed by atoms with Crippen molar-refractivity contribution in [2.45, 2.75) is 6.92 Å². The lowest BCUT2D eigenvalue weighted by Crippen LogP contribution is -2.54. The van der Waals surface area contributed by atoms with Crippen LogP contribution in [0.1, 0.15) is 12.5 Å². The van der Waals surface area contributed by atoms with Gasteiger partial charge in [0.05, 0.1) is 12.3 Å². The lowest BCUT2D eigenvalue weighted by atomic mass is 10.1. The van der Waals surface area contributed by atoms with Crippen LogP contribution in [0.2, 0.25) is 0 Å². The molecule has 29 heavy (non-hydrogen) atoms. The van der Waals surface area contributed by atoms with Gasteiger partial charge in [-0.3, -0.25) is 19.8 Å². The molecule has 4 rings (SSSR count). The third kappa shape index (κ3) is 3.52. The van der Waals surface area contributed by atoms with E-state index < -0.39 is 17.6 Å². The summed E-state index contributed by atoms with van der Waals surface area (Å²) >= 11 is 5.12. The van der Waals surface area contributed by atoms with Gasteiger partial charge in [-0.2, -0.15) is 0 Å². The first-order valence-electron chi connectivity index (χ1n) is 8.71. The number of benzene rings is 2. The Hall–Kier alpha value is -3.46. The highest BCUT2D eigenvalue weighted by molar-refractivity contribution is 7.80. The standard InChI is InChI=1S/C20H15FN2O5S/c1-2-26-15-9-17-16(27-10-28-17)7-11(15)6-14-18(24)22-20(29)23(19(14)25)13-5-3-4-12(21)8-13/h3-9H,2,10H2,1H3,(H,22,24,29). The van der Waals surface area contributed by atoms with Crippen molar-refractivity contribution < 1.29 is 28.2 Å². The van der Waals surface area contributed by atoms with E-state index in [0.29, 0.717) is 29.4 Å². The molecule has 1 saturated heterocycles. The number of carbonyl (C=O) groups excluding carboxylic acids is 2. The van der Waals surface area contributed by atoms with Gasteiger partial charge in [0.15, 0.2) is 16.6 Å². The topological polar surface area (TPSA) is 77.1 Å². The van der Waals surface area contributed by atoms with Gasteiger partial charge in [0.25, 0.3) is 11.8 Å². The maximum absolute atomic E-state index is 13.6. The van der Waals surface area contributed by atoms with E-state index in [1.165, 1.54) is 24.3 Å². The molecule has 7 nitrogen and oxygen atoms in total. The second-order valence-electron chi connectivity index (χ2n) is 6.11. The molecule has 0 unspecified atom stereocenters. The fourth-order valence-corrected chi connectivity index (χ4v) is 3.28. The number of rotatable bonds is 4. The van der Waals surface area contributed by atoms with Crippen LogP contribution in [0.4, 0.5) is 10.1 Å². The Morgan fingerprint density at radius 2 is 2.00 bits per heavy atom. The minimum atomic E-state index is -0.676. The second-order valence-corrected chi connectivity index (χ2v) is 6.50. The zero-order valence-corrected chi connectivity index (χ0v) is 16.0. The van der Waals surface area contributed by atoms with Crippen molar-refractivity contribution in [2.24, 2.45) is 0 Å². The Morgan fingerprint density at radius 3 is 2.72 bits per heavy atom. The second kappa shape index (κ2) is 7.51. The fourth-order valence-electron chi connectivity index (χ4n) is 3.00. The van der Waals surface area contributed by atoms with Crippen LogP contribution in [-0.2, 0) is 9.59 Å². The predicted octanol–water partition coefficient (Wildman–Crippen LogP) is 2.78. The minimum Gasteiger partial charge on any atom is -0.493 e. The summed E-state index contributed by atoms with van der Waals surface area (Å²) in [7, 11) is 0. The molecule has 2 aromatic carbocycles. The van der Waals surface area contributed by atoms with Gasteiger partial charge in [-0.05, 0) is 49.5 Å². The van der Waals surface area contributed by atoms with Crippen LogP contribution in [0.3, 0.4) is 0 Å². The zero-order valence-electron chi connectivity index (χ0n) is 15.2. The van der Waals surface area contributed by atoms with Crippen LogP contribution in [0.25, 0.3) is 6.08 Å². The molecule has 0 aromatic heterocycles. The highest BCUT2D eigenvalue weighted by Crippen LogP contribution is 2.39. The molecule has 1 N–H and O–H groups in total. The smallest absolute Gasteiger partial charge is 0.270 e. The van der Waals surface area contributed by atoms with Crippen molar-refractivity contribution in [3.63, 3.8) is 0 Å². The largest absolute Gasteiger partial charge is 0.493 e. The van der Waals surface area contributed by atoms with Gasteiger partial charge in [0.2, 0.25) is 6.79 Å². The first-order chi connectivity index (χ1) is 14.0. The molecule has 0 bridgehead atoms. The van der Waals surface area contributed by atoms with Gasteiger partial charge in [-0.25, -0.2) is 4.39 Å². The molecule has 2 amide bonds. The first-order valence-corrected chi connectivity index (χ1v) is 9.12. The zero-order chi connectivity index (χ0) is 20.5. The number of nitrogens with one attached hydrogen (secondary N) is 1. The summed E-state index contributed by atoms with van der Waals surface area (Å²) in [5.74, 6) is -0.457. The van der Waals surface area contributed by atoms with E-state index in [1.807, 2.05) is 6.92 Å². The molecule has 0 radical (unpaired) electrons. The molecular weight excluding hydrogens is 399 g/mol. The predicted molar refractivity (Wildman–Crippen MR) is 106 cm³/mol. The number of thiocarbonyl (C=S) groups is 1. The number of hydrogen-bond donors (Lipinski definition) is 1. The van der Waals surface area contributed by atoms with Crippen molar-refractivity contribution in [3.05, 3.63) is 53.4 Å². The summed E-state index contributed by atoms with van der Waals surface area (Å²) in [6.45, 7) is 2.25. The van der Waals surface area contributed by atoms with Gasteiger partial charge in [-0.15, -0.1) is 0 Å². The molecule has 1 fully saturated rings. The Labute approximate surface area is 170 Å². The normalized spacial score (nSPS) is 17.0. The van der Waals surface area contributed by atoms with Crippen LogP contribution in [-0.4, -0.2) is 30.3 Å². The van der Waals surface area contributed by atoms with Gasteiger partial charge in [0, 0.05) is 11.6 Å². The van der Waals surface area contributed by atoms with E-state index >= 15 is 0 Å². The third-order valence-electron chi connectivity index (χ3n) is 4.27. The Kier molecular flexibility index (Phi) is 4.89. The third-order valence-corrected chi connectivity index (χ3v) is 4.56. The number of anilines is 1. The number of hydrogen-bond acceptors (Lipinski definition) is 6. The molecule has 2 aliphatic rings. The summed E-state index contributed by atoms with van der Waals surface area (Å²) in [6.07, 6.45) is 1.39. The number of fused-ring (bicyclic) bond motifs is 1. The molecule has 9 heteroatoms. The maximum Gasteiger partial charge on any atom is 0.270 e. The van der Waals surface area contributed by atoms with E-state index in [9.17, 15) is 14.0 Å². The van der Waals surface area contributed by atoms with Crippen LogP contribution in [0.15, 0.2) is 42.0 Å². The van der Waals surface area contributed by atoms with Gasteiger partial charge in [0.1, 0.15) is 17.1 Å². The number of amides is 2. The summed E-state index contributed by atoms with van der Waals surface area (Å²) in [5, 5.41) is 2.34. The quantitative estimate of drug-likeness (QED) is 0.471. The molecule has 0 aliphatic carbocycles. The molecule has 148 valence electrons. The Morgan fingerprint density at radius 1 is 1.24 bits per heavy atom. The van der Waals surface area contributed by atoms with Crippen LogP contribution in [0.5, 0.6) is 17.2 Å². The lowest BCUT2D eigenvalue weighted by Gasteiger charge is -2.29. The average Bonchev–Trinajstić information content (AvgIpc) is 3.12. The summed E-state index contributed by atoms with van der Waals surface area (Å²) in [6, 6.07) is 8.64. The maximum atomic E-state index is 13.6. The molecule has 2 aromatic rings. The van der Waals surface area contributed by atoms with E-state index in [2.05, 4.69) is 5.32 Å². The summed E-state index contributed by atoms with van der Waals surface area (Å²) < 4.78 is 30.0. The van der Waals surface area contributed by atoms with Crippen molar-refractivity contribution in [3.8, 4) is 17.2 Å². The SMILES string of the molecule is CCOc1cc2c(cc1C=C1C(=O)NC(=S)N(c3cccc(F)c3)C1=O)OCO2.